The van der Waals surface area contributed by atoms with Crippen LogP contribution in [0.15, 0.2) is 122 Å². The number of benzene rings is 3. The molecule has 2 aliphatic rings. The standard InChI is InChI=1S/C23H25N3O3.C8H13N3O2.C7H9N.C5H10O2.C5H8O.C4H10.2C2H6.C2H4.C2H2.CH2O/c1-24-14-23(27)26-11-10-18(15-26)29-22-13-20(16-6-4-3-5-7-16)25-21-12-17(28-2)8-9-19(21)22;1-4-5-6(2)7(10-11-13)8(12)9-3;1-8-7-5-3-2-4-6-7;1-5(2,3)7-4-6;1-5(4-6)2-3-5;1-4(2)3;5*1-2/h3-9,12-13,18,24H,10-11,14-15H2,1-2H3;5-7H,1H2,2-3H3,(H,9,12)(H,10,13);2-6,8H,1H3;4H,1-3H3;4H,2-3H2,1H3;4H,1-3H3;2*1-2H3;1-2H2;1-2H;1H2/t18-;6-,7?;;;;;;;;;/m10........./s1. The van der Waals surface area contributed by atoms with Crippen LogP contribution >= 0.6 is 0 Å². The second kappa shape index (κ2) is 49.3. The van der Waals surface area contributed by atoms with Gasteiger partial charge < -0.3 is 44.6 Å². The van der Waals surface area contributed by atoms with Gasteiger partial charge in [0, 0.05) is 67.2 Å². The molecule has 2 heterocycles. The molecular formula is C61H95N7O9. The Hall–Kier alpha value is -7.60. The molecule has 77 heavy (non-hydrogen) atoms. The maximum absolute atomic E-state index is 12.1. The number of carbonyl (C=O) groups is 5. The van der Waals surface area contributed by atoms with E-state index in [1.165, 1.54) is 7.05 Å². The summed E-state index contributed by atoms with van der Waals surface area (Å²) in [5, 5.41) is 11.8. The molecule has 3 atom stereocenters. The normalized spacial score (nSPS) is 13.0. The molecule has 1 aliphatic carbocycles. The van der Waals surface area contributed by atoms with E-state index in [0.717, 1.165) is 70.8 Å². The molecule has 1 unspecified atom stereocenters. The van der Waals surface area contributed by atoms with Gasteiger partial charge in [0.2, 0.25) is 11.8 Å². The van der Waals surface area contributed by atoms with E-state index in [2.05, 4.69) is 90.5 Å². The SMILES string of the molecule is C#C.C=C.C=C=C[C@H](C)C(NN=O)C(=O)NC.C=O.CC.CC.CC(C)(C)OC=O.CC(C)C.CC1(C=O)CC1.CNCC(=O)N1CC[C@@H](Oc2cc(-c3ccccc3)nc3cc(OC)ccc23)C1.CNc1ccccc1. The Morgan fingerprint density at radius 2 is 1.44 bits per heavy atom. The van der Waals surface area contributed by atoms with Gasteiger partial charge in [-0.05, 0) is 76.9 Å². The summed E-state index contributed by atoms with van der Waals surface area (Å²) in [6.07, 6.45) is 13.6. The zero-order valence-corrected chi connectivity index (χ0v) is 49.4. The smallest absolute Gasteiger partial charge is 0.293 e. The summed E-state index contributed by atoms with van der Waals surface area (Å²) in [7, 11) is 6.83. The number of likely N-dealkylation sites (N-methyl/N-ethyl adjacent to an activating group) is 2. The fourth-order valence-corrected chi connectivity index (χ4v) is 5.62. The number of terminal acetylenes is 1. The lowest BCUT2D eigenvalue weighted by atomic mass is 10.0. The maximum Gasteiger partial charge on any atom is 0.293 e. The highest BCUT2D eigenvalue weighted by molar-refractivity contribution is 5.89. The first-order chi connectivity index (χ1) is 36.8. The molecule has 2 amide bonds. The Labute approximate surface area is 463 Å². The number of aromatic nitrogens is 1. The van der Waals surface area contributed by atoms with Crippen LogP contribution in [0.1, 0.15) is 102 Å². The topological polar surface area (TPSA) is 207 Å². The van der Waals surface area contributed by atoms with E-state index >= 15 is 0 Å². The number of para-hydroxylation sites is 1. The average Bonchev–Trinajstić information content (AvgIpc) is 4.03. The van der Waals surface area contributed by atoms with Crippen LogP contribution in [0.4, 0.5) is 5.69 Å². The molecule has 0 spiro atoms. The van der Waals surface area contributed by atoms with Crippen molar-refractivity contribution in [2.24, 2.45) is 22.5 Å². The van der Waals surface area contributed by atoms with Gasteiger partial charge in [0.1, 0.15) is 42.3 Å². The molecule has 1 saturated carbocycles. The van der Waals surface area contributed by atoms with Crippen molar-refractivity contribution in [1.82, 2.24) is 25.9 Å². The molecular weight excluding hydrogens is 975 g/mol. The van der Waals surface area contributed by atoms with Crippen molar-refractivity contribution in [3.8, 4) is 35.6 Å². The van der Waals surface area contributed by atoms with E-state index in [9.17, 15) is 24.1 Å². The molecule has 1 aromatic heterocycles. The van der Waals surface area contributed by atoms with E-state index in [4.69, 9.17) is 19.3 Å². The third-order valence-corrected chi connectivity index (χ3v) is 9.58. The summed E-state index contributed by atoms with van der Waals surface area (Å²) < 4.78 is 16.3. The number of amides is 2. The number of carbonyl (C=O) groups excluding carboxylic acids is 5. The first-order valence-corrected chi connectivity index (χ1v) is 25.6. The first-order valence-electron chi connectivity index (χ1n) is 25.6. The number of hydrogen-bond acceptors (Lipinski definition) is 13. The number of nitrogens with zero attached hydrogens (tertiary/aromatic N) is 3. The molecule has 16 nitrogen and oxygen atoms in total. The number of pyridine rings is 1. The maximum atomic E-state index is 12.1. The summed E-state index contributed by atoms with van der Waals surface area (Å²) in [6, 6.07) is 27.2. The van der Waals surface area contributed by atoms with Gasteiger partial charge in [-0.3, -0.25) is 19.8 Å². The number of rotatable bonds is 14. The minimum Gasteiger partial charge on any atom is -0.497 e. The number of fused-ring (bicyclic) bond motifs is 1. The van der Waals surface area contributed by atoms with Gasteiger partial charge in [-0.2, -0.15) is 0 Å². The van der Waals surface area contributed by atoms with Crippen molar-refractivity contribution in [1.29, 1.82) is 0 Å². The van der Waals surface area contributed by atoms with E-state index in [1.54, 1.807) is 27.2 Å². The molecule has 16 heteroatoms. The molecule has 3 aromatic carbocycles. The van der Waals surface area contributed by atoms with E-state index in [1.807, 2.05) is 159 Å². The Morgan fingerprint density at radius 3 is 1.82 bits per heavy atom. The lowest BCUT2D eigenvalue weighted by Crippen LogP contribution is -2.44. The Balaban J connectivity index is -0.000000300. The van der Waals surface area contributed by atoms with Gasteiger partial charge in [0.05, 0.1) is 36.7 Å². The summed E-state index contributed by atoms with van der Waals surface area (Å²) >= 11 is 0. The minimum atomic E-state index is -0.670. The monoisotopic (exact) mass is 1070 g/mol. The molecule has 4 N–H and O–H groups in total. The fourth-order valence-electron chi connectivity index (χ4n) is 5.62. The number of likely N-dealkylation sites (tertiary alicyclic amines) is 1. The van der Waals surface area contributed by atoms with Gasteiger partial charge in [-0.1, -0.05) is 117 Å². The highest BCUT2D eigenvalue weighted by Crippen LogP contribution is 2.42. The van der Waals surface area contributed by atoms with Crippen molar-refractivity contribution in [3.63, 3.8) is 0 Å². The molecule has 0 bridgehead atoms. The van der Waals surface area contributed by atoms with Crippen LogP contribution in [0.25, 0.3) is 22.2 Å². The molecule has 1 saturated heterocycles. The Morgan fingerprint density at radius 1 is 0.909 bits per heavy atom. The van der Waals surface area contributed by atoms with Crippen molar-refractivity contribution in [3.05, 3.63) is 121 Å². The van der Waals surface area contributed by atoms with Gasteiger partial charge in [-0.25, -0.2) is 4.98 Å². The average molecular weight is 1070 g/mol. The van der Waals surface area contributed by atoms with Crippen LogP contribution in [-0.4, -0.2) is 107 Å². The number of aldehydes is 1. The van der Waals surface area contributed by atoms with Crippen molar-refractivity contribution >= 4 is 48.0 Å². The number of methoxy groups -OCH3 is 1. The third-order valence-electron chi connectivity index (χ3n) is 9.58. The van der Waals surface area contributed by atoms with Gasteiger partial charge in [-0.15, -0.1) is 36.6 Å². The third kappa shape index (κ3) is 37.7. The van der Waals surface area contributed by atoms with Crippen molar-refractivity contribution < 1.29 is 38.2 Å². The minimum absolute atomic E-state index is 0.0351. The van der Waals surface area contributed by atoms with Crippen molar-refractivity contribution in [2.75, 3.05) is 53.2 Å². The Kier molecular flexibility index (Phi) is 50.1. The summed E-state index contributed by atoms with van der Waals surface area (Å²) in [6.45, 7) is 37.2. The Bertz CT molecular complexity index is 2200. The van der Waals surface area contributed by atoms with Crippen LogP contribution < -0.4 is 30.8 Å². The first kappa shape index (κ1) is 78.3. The predicted octanol–water partition coefficient (Wildman–Crippen LogP) is 11.7. The van der Waals surface area contributed by atoms with E-state index < -0.39 is 6.04 Å². The summed E-state index contributed by atoms with van der Waals surface area (Å²) in [5.74, 6) is 2.00. The number of nitrogens with one attached hydrogen (secondary N) is 4. The molecule has 1 aliphatic heterocycles. The van der Waals surface area contributed by atoms with E-state index in [0.29, 0.717) is 26.1 Å². The van der Waals surface area contributed by atoms with Gasteiger partial charge in [0.15, 0.2) is 0 Å². The fraction of sp³-hybridized carbons (Fsp3) is 0.459. The number of ether oxygens (including phenoxy) is 3. The zero-order chi connectivity index (χ0) is 60.4. The molecule has 6 rings (SSSR count). The molecule has 0 radical (unpaired) electrons. The van der Waals surface area contributed by atoms with E-state index in [-0.39, 0.29) is 34.9 Å². The number of anilines is 1. The molecule has 2 fully saturated rings. The lowest BCUT2D eigenvalue weighted by Gasteiger charge is -2.18. The van der Waals surface area contributed by atoms with Crippen LogP contribution in [-0.2, 0) is 28.7 Å². The molecule has 428 valence electrons. The zero-order valence-electron chi connectivity index (χ0n) is 49.4. The number of hydrogen-bond donors (Lipinski definition) is 4. The van der Waals surface area contributed by atoms with Gasteiger partial charge >= 0.3 is 0 Å². The van der Waals surface area contributed by atoms with Crippen LogP contribution in [0, 0.1) is 35.0 Å². The second-order valence-corrected chi connectivity index (χ2v) is 17.6. The lowest BCUT2D eigenvalue weighted by molar-refractivity contribution is -0.138. The summed E-state index contributed by atoms with van der Waals surface area (Å²) in [4.78, 5) is 67.4. The highest BCUT2D eigenvalue weighted by Gasteiger charge is 2.36. The van der Waals surface area contributed by atoms with Crippen LogP contribution in [0.3, 0.4) is 0 Å². The highest BCUT2D eigenvalue weighted by atomic mass is 16.5. The molecule has 4 aromatic rings. The summed E-state index contributed by atoms with van der Waals surface area (Å²) in [5.41, 5.74) is 8.37. The largest absolute Gasteiger partial charge is 0.497 e. The quantitative estimate of drug-likeness (QED) is 0.0232. The number of nitroso groups, excluding NO2 is 1. The van der Waals surface area contributed by atoms with Crippen molar-refractivity contribution in [2.45, 2.75) is 120 Å². The second-order valence-electron chi connectivity index (χ2n) is 17.6. The van der Waals surface area contributed by atoms with Crippen LogP contribution in [0.5, 0.6) is 11.5 Å². The van der Waals surface area contributed by atoms with Crippen LogP contribution in [0.2, 0.25) is 0 Å². The van der Waals surface area contributed by atoms with Gasteiger partial charge in [0.25, 0.3) is 6.47 Å². The predicted molar refractivity (Wildman–Crippen MR) is 321 cm³/mol.